The minimum absolute atomic E-state index is 0.0826. The first kappa shape index (κ1) is 16.2. The normalized spacial score (nSPS) is 16.7. The van der Waals surface area contributed by atoms with Crippen LogP contribution in [0.2, 0.25) is 0 Å². The van der Waals surface area contributed by atoms with Gasteiger partial charge in [0, 0.05) is 4.90 Å². The zero-order chi connectivity index (χ0) is 15.5. The molecule has 21 heavy (non-hydrogen) atoms. The van der Waals surface area contributed by atoms with Gasteiger partial charge in [-0.05, 0) is 37.1 Å². The van der Waals surface area contributed by atoms with Crippen LogP contribution in [0.3, 0.4) is 0 Å². The Morgan fingerprint density at radius 2 is 2.00 bits per heavy atom. The predicted molar refractivity (Wildman–Crippen MR) is 84.7 cm³/mol. The first-order valence-corrected chi connectivity index (χ1v) is 8.29. The number of likely N-dealkylation sites (tertiary alicyclic amines) is 1. The van der Waals surface area contributed by atoms with Crippen LogP contribution in [0.4, 0.5) is 0 Å². The quantitative estimate of drug-likeness (QED) is 0.820. The van der Waals surface area contributed by atoms with Crippen molar-refractivity contribution in [3.8, 4) is 5.75 Å². The van der Waals surface area contributed by atoms with Gasteiger partial charge in [0.05, 0.1) is 25.4 Å². The standard InChI is InChI=1S/C16H23NO3S/c1-4-20-13-5-7-14(8-6-13)21-9-15(18)17-10-16(19,11-17)12(2)3/h5-8,12,19H,4,9-11H2,1-3H3. The van der Waals surface area contributed by atoms with Crippen molar-refractivity contribution < 1.29 is 14.6 Å². The van der Waals surface area contributed by atoms with Gasteiger partial charge >= 0.3 is 0 Å². The Hall–Kier alpha value is -1.20. The molecule has 0 aliphatic carbocycles. The van der Waals surface area contributed by atoms with Crippen molar-refractivity contribution in [3.63, 3.8) is 0 Å². The fourth-order valence-electron chi connectivity index (χ4n) is 2.19. The Labute approximate surface area is 130 Å². The SMILES string of the molecule is CCOc1ccc(SCC(=O)N2CC(O)(C(C)C)C2)cc1. The van der Waals surface area contributed by atoms with Gasteiger partial charge in [0.2, 0.25) is 5.91 Å². The molecule has 1 aliphatic rings. The minimum Gasteiger partial charge on any atom is -0.494 e. The first-order valence-electron chi connectivity index (χ1n) is 7.30. The summed E-state index contributed by atoms with van der Waals surface area (Å²) in [6, 6.07) is 7.75. The Balaban J connectivity index is 1.77. The fourth-order valence-corrected chi connectivity index (χ4v) is 2.99. The molecular formula is C16H23NO3S. The lowest BCUT2D eigenvalue weighted by Gasteiger charge is -2.49. The van der Waals surface area contributed by atoms with Gasteiger partial charge in [-0.2, -0.15) is 0 Å². The number of nitrogens with zero attached hydrogens (tertiary/aromatic N) is 1. The molecular weight excluding hydrogens is 286 g/mol. The van der Waals surface area contributed by atoms with E-state index in [0.29, 0.717) is 25.4 Å². The molecule has 1 aromatic rings. The number of carbonyl (C=O) groups is 1. The van der Waals surface area contributed by atoms with Crippen molar-refractivity contribution in [1.82, 2.24) is 4.90 Å². The van der Waals surface area contributed by atoms with Crippen molar-refractivity contribution in [1.29, 1.82) is 0 Å². The zero-order valence-electron chi connectivity index (χ0n) is 12.8. The minimum atomic E-state index is -0.695. The number of benzene rings is 1. The summed E-state index contributed by atoms with van der Waals surface area (Å²) in [7, 11) is 0. The van der Waals surface area contributed by atoms with Crippen LogP contribution in [0.15, 0.2) is 29.2 Å². The Morgan fingerprint density at radius 3 is 2.52 bits per heavy atom. The van der Waals surface area contributed by atoms with Crippen LogP contribution in [0.25, 0.3) is 0 Å². The second kappa shape index (κ2) is 6.71. The van der Waals surface area contributed by atoms with Crippen molar-refractivity contribution in [2.24, 2.45) is 5.92 Å². The lowest BCUT2D eigenvalue weighted by atomic mass is 9.83. The van der Waals surface area contributed by atoms with E-state index in [9.17, 15) is 9.90 Å². The summed E-state index contributed by atoms with van der Waals surface area (Å²) < 4.78 is 5.38. The highest BCUT2D eigenvalue weighted by Crippen LogP contribution is 2.30. The van der Waals surface area contributed by atoms with Crippen molar-refractivity contribution in [2.45, 2.75) is 31.3 Å². The summed E-state index contributed by atoms with van der Waals surface area (Å²) in [5.41, 5.74) is -0.695. The molecule has 4 nitrogen and oxygen atoms in total. The summed E-state index contributed by atoms with van der Waals surface area (Å²) in [5.74, 6) is 1.51. The summed E-state index contributed by atoms with van der Waals surface area (Å²) in [4.78, 5) is 14.8. The van der Waals surface area contributed by atoms with Crippen molar-refractivity contribution in [2.75, 3.05) is 25.4 Å². The van der Waals surface area contributed by atoms with Crippen molar-refractivity contribution >= 4 is 17.7 Å². The molecule has 0 saturated carbocycles. The highest BCUT2D eigenvalue weighted by atomic mass is 32.2. The number of amides is 1. The molecule has 2 rings (SSSR count). The van der Waals surface area contributed by atoms with Crippen LogP contribution >= 0.6 is 11.8 Å². The monoisotopic (exact) mass is 309 g/mol. The lowest BCUT2D eigenvalue weighted by Crippen LogP contribution is -2.66. The Morgan fingerprint density at radius 1 is 1.38 bits per heavy atom. The number of carbonyl (C=O) groups excluding carboxylic acids is 1. The van der Waals surface area contributed by atoms with Gasteiger partial charge < -0.3 is 14.7 Å². The van der Waals surface area contributed by atoms with E-state index >= 15 is 0 Å². The summed E-state index contributed by atoms with van der Waals surface area (Å²) in [6.45, 7) is 7.47. The van der Waals surface area contributed by atoms with E-state index in [4.69, 9.17) is 4.74 Å². The summed E-state index contributed by atoms with van der Waals surface area (Å²) >= 11 is 1.51. The topological polar surface area (TPSA) is 49.8 Å². The molecule has 1 heterocycles. The van der Waals surface area contributed by atoms with Crippen LogP contribution in [-0.2, 0) is 4.79 Å². The van der Waals surface area contributed by atoms with Crippen LogP contribution in [0.1, 0.15) is 20.8 Å². The lowest BCUT2D eigenvalue weighted by molar-refractivity contribution is -0.161. The average Bonchev–Trinajstić information content (AvgIpc) is 2.43. The van der Waals surface area contributed by atoms with E-state index in [0.717, 1.165) is 10.6 Å². The maximum atomic E-state index is 12.0. The molecule has 0 bridgehead atoms. The molecule has 5 heteroatoms. The maximum absolute atomic E-state index is 12.0. The Kier molecular flexibility index (Phi) is 5.17. The molecule has 1 N–H and O–H groups in total. The molecule has 0 spiro atoms. The van der Waals surface area contributed by atoms with Gasteiger partial charge in [0.1, 0.15) is 11.4 Å². The molecule has 0 aromatic heterocycles. The number of thioether (sulfide) groups is 1. The van der Waals surface area contributed by atoms with Gasteiger partial charge in [-0.15, -0.1) is 11.8 Å². The summed E-state index contributed by atoms with van der Waals surface area (Å²) in [6.07, 6.45) is 0. The van der Waals surface area contributed by atoms with E-state index < -0.39 is 5.60 Å². The molecule has 0 atom stereocenters. The molecule has 0 unspecified atom stereocenters. The van der Waals surface area contributed by atoms with Crippen LogP contribution in [0, 0.1) is 5.92 Å². The van der Waals surface area contributed by atoms with Crippen LogP contribution < -0.4 is 4.74 Å². The highest BCUT2D eigenvalue weighted by Gasteiger charge is 2.45. The van der Waals surface area contributed by atoms with E-state index in [1.54, 1.807) is 4.90 Å². The second-order valence-corrected chi connectivity index (χ2v) is 6.75. The van der Waals surface area contributed by atoms with E-state index in [-0.39, 0.29) is 11.8 Å². The zero-order valence-corrected chi connectivity index (χ0v) is 13.7. The fraction of sp³-hybridized carbons (Fsp3) is 0.562. The van der Waals surface area contributed by atoms with E-state index in [1.807, 2.05) is 45.0 Å². The molecule has 1 fully saturated rings. The molecule has 0 radical (unpaired) electrons. The van der Waals surface area contributed by atoms with Crippen molar-refractivity contribution in [3.05, 3.63) is 24.3 Å². The van der Waals surface area contributed by atoms with Crippen LogP contribution in [-0.4, -0.2) is 47.0 Å². The van der Waals surface area contributed by atoms with Gasteiger partial charge in [0.15, 0.2) is 0 Å². The number of aliphatic hydroxyl groups is 1. The van der Waals surface area contributed by atoms with Gasteiger partial charge in [-0.1, -0.05) is 13.8 Å². The number of β-amino-alcohol motifs (C(OH)–C–C–N with tert-alkyl or cyclic N) is 1. The van der Waals surface area contributed by atoms with Gasteiger partial charge in [-0.25, -0.2) is 0 Å². The van der Waals surface area contributed by atoms with Gasteiger partial charge in [-0.3, -0.25) is 4.79 Å². The Bertz CT molecular complexity index is 481. The third-order valence-corrected chi connectivity index (χ3v) is 4.85. The molecule has 1 aromatic carbocycles. The van der Waals surface area contributed by atoms with E-state index in [1.165, 1.54) is 11.8 Å². The second-order valence-electron chi connectivity index (χ2n) is 5.70. The predicted octanol–water partition coefficient (Wildman–Crippen LogP) is 2.41. The largest absolute Gasteiger partial charge is 0.494 e. The smallest absolute Gasteiger partial charge is 0.233 e. The molecule has 116 valence electrons. The first-order chi connectivity index (χ1) is 9.94. The number of hydrogen-bond donors (Lipinski definition) is 1. The van der Waals surface area contributed by atoms with E-state index in [2.05, 4.69) is 0 Å². The molecule has 1 saturated heterocycles. The molecule has 1 aliphatic heterocycles. The third-order valence-electron chi connectivity index (χ3n) is 3.85. The highest BCUT2D eigenvalue weighted by molar-refractivity contribution is 8.00. The summed E-state index contributed by atoms with van der Waals surface area (Å²) in [5, 5.41) is 10.2. The number of rotatable bonds is 6. The third kappa shape index (κ3) is 3.92. The number of ether oxygens (including phenoxy) is 1. The number of hydrogen-bond acceptors (Lipinski definition) is 4. The maximum Gasteiger partial charge on any atom is 0.233 e. The molecule has 1 amide bonds. The average molecular weight is 309 g/mol. The van der Waals surface area contributed by atoms with Gasteiger partial charge in [0.25, 0.3) is 0 Å². The van der Waals surface area contributed by atoms with Crippen LogP contribution in [0.5, 0.6) is 5.75 Å².